The van der Waals surface area contributed by atoms with Crippen molar-refractivity contribution in [1.29, 1.82) is 0 Å². The molecule has 2 fully saturated rings. The Labute approximate surface area is 161 Å². The van der Waals surface area contributed by atoms with Gasteiger partial charge in [0, 0.05) is 17.4 Å². The second kappa shape index (κ2) is 8.17. The quantitative estimate of drug-likeness (QED) is 0.768. The zero-order chi connectivity index (χ0) is 18.8. The predicted molar refractivity (Wildman–Crippen MR) is 104 cm³/mol. The maximum atomic E-state index is 14.4. The summed E-state index contributed by atoms with van der Waals surface area (Å²) in [4.78, 5) is 19.4. The number of fused-ring (bicyclic) bond motifs is 1. The van der Waals surface area contributed by atoms with E-state index < -0.39 is 17.5 Å². The molecule has 4 rings (SSSR count). The van der Waals surface area contributed by atoms with Gasteiger partial charge >= 0.3 is 0 Å². The highest BCUT2D eigenvalue weighted by Gasteiger charge is 2.22. The molecule has 27 heavy (non-hydrogen) atoms. The van der Waals surface area contributed by atoms with Gasteiger partial charge in [0.05, 0.1) is 17.9 Å². The Balaban J connectivity index is 1.49. The van der Waals surface area contributed by atoms with Crippen molar-refractivity contribution in [3.05, 3.63) is 34.1 Å². The summed E-state index contributed by atoms with van der Waals surface area (Å²) >= 11 is 1.68. The van der Waals surface area contributed by atoms with Crippen LogP contribution in [0.1, 0.15) is 50.8 Å². The lowest BCUT2D eigenvalue weighted by atomic mass is 9.86. The molecule has 7 heteroatoms. The smallest absolute Gasteiger partial charge is 0.261 e. The number of hydrogen-bond acceptors (Lipinski definition) is 4. The Morgan fingerprint density at radius 1 is 1.19 bits per heavy atom. The molecular formula is C20H24F2N2O2S. The monoisotopic (exact) mass is 394 g/mol. The molecule has 2 aliphatic carbocycles. The fourth-order valence-corrected chi connectivity index (χ4v) is 4.79. The summed E-state index contributed by atoms with van der Waals surface area (Å²) in [6, 6.07) is 2.91. The van der Waals surface area contributed by atoms with Crippen LogP contribution in [-0.4, -0.2) is 28.0 Å². The van der Waals surface area contributed by atoms with Crippen LogP contribution in [0.4, 0.5) is 8.78 Å². The fourth-order valence-electron chi connectivity index (χ4n) is 3.66. The zero-order valence-corrected chi connectivity index (χ0v) is 16.0. The van der Waals surface area contributed by atoms with Gasteiger partial charge in [-0.1, -0.05) is 6.42 Å². The van der Waals surface area contributed by atoms with Crippen LogP contribution in [0.25, 0.3) is 10.9 Å². The molecule has 0 atom stereocenters. The third-order valence-corrected chi connectivity index (χ3v) is 6.94. The van der Waals surface area contributed by atoms with E-state index in [9.17, 15) is 13.6 Å². The molecule has 0 saturated heterocycles. The van der Waals surface area contributed by atoms with Gasteiger partial charge in [0.2, 0.25) is 0 Å². The molecule has 2 saturated carbocycles. The number of nitrogens with zero attached hydrogens (tertiary/aromatic N) is 1. The van der Waals surface area contributed by atoms with Gasteiger partial charge in [0.1, 0.15) is 28.9 Å². The average Bonchev–Trinajstić information content (AvgIpc) is 2.59. The molecule has 0 amide bonds. The zero-order valence-electron chi connectivity index (χ0n) is 15.2. The van der Waals surface area contributed by atoms with Crippen LogP contribution >= 0.6 is 11.8 Å². The highest BCUT2D eigenvalue weighted by Crippen LogP contribution is 2.32. The summed E-state index contributed by atoms with van der Waals surface area (Å²) in [6.45, 7) is 0.577. The van der Waals surface area contributed by atoms with E-state index in [1.54, 1.807) is 17.8 Å². The van der Waals surface area contributed by atoms with Gasteiger partial charge in [-0.2, -0.15) is 11.8 Å². The Morgan fingerprint density at radius 2 is 1.96 bits per heavy atom. The topological polar surface area (TPSA) is 55.0 Å². The van der Waals surface area contributed by atoms with Crippen LogP contribution in [0.2, 0.25) is 0 Å². The van der Waals surface area contributed by atoms with E-state index >= 15 is 0 Å². The summed E-state index contributed by atoms with van der Waals surface area (Å²) in [7, 11) is 0. The SMILES string of the molecule is O=c1[nH]c(CSC2CCC(F)CC2)nc2cc(OCC3CCC3)cc(F)c12. The van der Waals surface area contributed by atoms with Crippen LogP contribution in [-0.2, 0) is 5.75 Å². The van der Waals surface area contributed by atoms with Crippen molar-refractivity contribution < 1.29 is 13.5 Å². The average molecular weight is 394 g/mol. The van der Waals surface area contributed by atoms with Gasteiger partial charge < -0.3 is 9.72 Å². The van der Waals surface area contributed by atoms with Gasteiger partial charge in [-0.3, -0.25) is 4.79 Å². The molecule has 2 aliphatic rings. The number of ether oxygens (including phenoxy) is 1. The first-order chi connectivity index (χ1) is 13.1. The lowest BCUT2D eigenvalue weighted by Crippen LogP contribution is -2.19. The van der Waals surface area contributed by atoms with Gasteiger partial charge in [-0.15, -0.1) is 0 Å². The third kappa shape index (κ3) is 4.45. The van der Waals surface area contributed by atoms with E-state index in [0.717, 1.165) is 25.7 Å². The van der Waals surface area contributed by atoms with E-state index in [4.69, 9.17) is 4.74 Å². The molecule has 146 valence electrons. The molecule has 1 aromatic heterocycles. The molecule has 0 aliphatic heterocycles. The van der Waals surface area contributed by atoms with Crippen molar-refractivity contribution in [1.82, 2.24) is 9.97 Å². The number of thioether (sulfide) groups is 1. The first kappa shape index (κ1) is 18.7. The number of H-pyrrole nitrogens is 1. The molecule has 0 spiro atoms. The molecule has 1 heterocycles. The number of nitrogens with one attached hydrogen (secondary N) is 1. The lowest BCUT2D eigenvalue weighted by Gasteiger charge is -2.25. The van der Waals surface area contributed by atoms with Crippen molar-refractivity contribution in [2.75, 3.05) is 6.61 Å². The summed E-state index contributed by atoms with van der Waals surface area (Å²) < 4.78 is 33.3. The third-order valence-electron chi connectivity index (χ3n) is 5.55. The van der Waals surface area contributed by atoms with Crippen LogP contribution < -0.4 is 10.3 Å². The van der Waals surface area contributed by atoms with Crippen LogP contribution in [0.5, 0.6) is 5.75 Å². The molecule has 2 aromatic rings. The standard InChI is InChI=1S/C20H24F2N2O2S/c21-13-4-6-15(7-5-13)27-11-18-23-17-9-14(26-10-12-2-1-3-12)8-16(22)19(17)20(25)24-18/h8-9,12-13,15H,1-7,10-11H2,(H,23,24,25). The summed E-state index contributed by atoms with van der Waals surface area (Å²) in [5.41, 5.74) is -0.142. The van der Waals surface area contributed by atoms with Crippen LogP contribution in [0, 0.1) is 11.7 Å². The number of benzene rings is 1. The summed E-state index contributed by atoms with van der Waals surface area (Å²) in [6.07, 6.45) is 5.75. The Kier molecular flexibility index (Phi) is 5.66. The normalized spacial score (nSPS) is 23.3. The van der Waals surface area contributed by atoms with Gasteiger partial charge in [-0.05, 0) is 44.4 Å². The van der Waals surface area contributed by atoms with Crippen molar-refractivity contribution in [3.63, 3.8) is 0 Å². The van der Waals surface area contributed by atoms with Crippen LogP contribution in [0.15, 0.2) is 16.9 Å². The van der Waals surface area contributed by atoms with Crippen molar-refractivity contribution in [3.8, 4) is 5.75 Å². The number of aromatic nitrogens is 2. The minimum Gasteiger partial charge on any atom is -0.493 e. The number of rotatable bonds is 6. The van der Waals surface area contributed by atoms with E-state index in [-0.39, 0.29) is 5.39 Å². The van der Waals surface area contributed by atoms with E-state index in [0.29, 0.717) is 53.5 Å². The van der Waals surface area contributed by atoms with E-state index in [2.05, 4.69) is 9.97 Å². The first-order valence-electron chi connectivity index (χ1n) is 9.69. The molecule has 0 radical (unpaired) electrons. The minimum absolute atomic E-state index is 0.0299. The Bertz CT molecular complexity index is 861. The molecule has 1 aromatic carbocycles. The highest BCUT2D eigenvalue weighted by atomic mass is 32.2. The van der Waals surface area contributed by atoms with Gasteiger partial charge in [0.15, 0.2) is 0 Å². The Hall–Kier alpha value is -1.63. The first-order valence-corrected chi connectivity index (χ1v) is 10.7. The number of halogens is 2. The summed E-state index contributed by atoms with van der Waals surface area (Å²) in [5.74, 6) is 1.41. The molecule has 0 unspecified atom stereocenters. The second-order valence-corrected chi connectivity index (χ2v) is 8.89. The molecule has 4 nitrogen and oxygen atoms in total. The fraction of sp³-hybridized carbons (Fsp3) is 0.600. The maximum Gasteiger partial charge on any atom is 0.261 e. The van der Waals surface area contributed by atoms with Crippen molar-refractivity contribution in [2.45, 2.75) is 62.1 Å². The highest BCUT2D eigenvalue weighted by molar-refractivity contribution is 7.99. The Morgan fingerprint density at radius 3 is 2.67 bits per heavy atom. The number of aromatic amines is 1. The van der Waals surface area contributed by atoms with E-state index in [1.807, 2.05) is 0 Å². The molecular weight excluding hydrogens is 370 g/mol. The van der Waals surface area contributed by atoms with E-state index in [1.165, 1.54) is 12.5 Å². The van der Waals surface area contributed by atoms with Crippen molar-refractivity contribution in [2.24, 2.45) is 5.92 Å². The molecule has 0 bridgehead atoms. The largest absolute Gasteiger partial charge is 0.493 e. The molecule has 1 N–H and O–H groups in total. The lowest BCUT2D eigenvalue weighted by molar-refractivity contribution is 0.180. The second-order valence-electron chi connectivity index (χ2n) is 7.60. The van der Waals surface area contributed by atoms with Gasteiger partial charge in [-0.25, -0.2) is 13.8 Å². The van der Waals surface area contributed by atoms with Crippen LogP contribution in [0.3, 0.4) is 0 Å². The number of hydrogen-bond donors (Lipinski definition) is 1. The van der Waals surface area contributed by atoms with Gasteiger partial charge in [0.25, 0.3) is 5.56 Å². The minimum atomic E-state index is -0.679. The van der Waals surface area contributed by atoms with Crippen molar-refractivity contribution >= 4 is 22.7 Å². The maximum absolute atomic E-state index is 14.4. The number of alkyl halides is 1. The predicted octanol–water partition coefficient (Wildman–Crippen LogP) is 4.76. The summed E-state index contributed by atoms with van der Waals surface area (Å²) in [5, 5.41) is 0.351.